The first-order valence-corrected chi connectivity index (χ1v) is 8.68. The minimum absolute atomic E-state index is 0.129. The quantitative estimate of drug-likeness (QED) is 0.910. The lowest BCUT2D eigenvalue weighted by Gasteiger charge is -2.23. The van der Waals surface area contributed by atoms with E-state index in [1.807, 2.05) is 29.3 Å². The number of pyridine rings is 1. The number of anilines is 1. The number of nitrogens with zero attached hydrogens (tertiary/aromatic N) is 3. The van der Waals surface area contributed by atoms with Gasteiger partial charge in [0.25, 0.3) is 0 Å². The van der Waals surface area contributed by atoms with Crippen LogP contribution < -0.4 is 5.32 Å². The van der Waals surface area contributed by atoms with E-state index in [0.29, 0.717) is 5.92 Å². The number of nitrogens with one attached hydrogen (secondary N) is 1. The Balaban J connectivity index is 1.45. The summed E-state index contributed by atoms with van der Waals surface area (Å²) >= 11 is 0. The van der Waals surface area contributed by atoms with Crippen LogP contribution in [0.2, 0.25) is 0 Å². The fraction of sp³-hybridized carbons (Fsp3) is 0.556. The van der Waals surface area contributed by atoms with Crippen molar-refractivity contribution in [1.29, 1.82) is 0 Å². The molecule has 0 aromatic carbocycles. The maximum absolute atomic E-state index is 10.4. The van der Waals surface area contributed by atoms with Crippen molar-refractivity contribution in [2.75, 3.05) is 5.32 Å². The Morgan fingerprint density at radius 3 is 3.00 bits per heavy atom. The lowest BCUT2D eigenvalue weighted by molar-refractivity contribution is 0.166. The van der Waals surface area contributed by atoms with Gasteiger partial charge in [-0.1, -0.05) is 0 Å². The van der Waals surface area contributed by atoms with Crippen LogP contribution in [0.1, 0.15) is 36.9 Å². The molecule has 2 heterocycles. The van der Waals surface area contributed by atoms with Crippen molar-refractivity contribution in [1.82, 2.24) is 14.8 Å². The van der Waals surface area contributed by atoms with Gasteiger partial charge in [0.1, 0.15) is 0 Å². The van der Waals surface area contributed by atoms with Crippen LogP contribution in [-0.4, -0.2) is 32.0 Å². The predicted molar refractivity (Wildman–Crippen MR) is 89.2 cm³/mol. The van der Waals surface area contributed by atoms with Gasteiger partial charge in [-0.05, 0) is 62.1 Å². The Hall–Kier alpha value is -1.88. The van der Waals surface area contributed by atoms with Crippen LogP contribution in [0.5, 0.6) is 0 Å². The van der Waals surface area contributed by atoms with Crippen LogP contribution >= 0.6 is 0 Å². The summed E-state index contributed by atoms with van der Waals surface area (Å²) < 4.78 is 1.97. The minimum atomic E-state index is -0.289. The summed E-state index contributed by atoms with van der Waals surface area (Å²) in [6.45, 7) is 0.886. The van der Waals surface area contributed by atoms with Crippen molar-refractivity contribution in [2.24, 2.45) is 5.92 Å². The topological polar surface area (TPSA) is 63.0 Å². The number of rotatable bonds is 4. The third-order valence-corrected chi connectivity index (χ3v) is 5.21. The second kappa shape index (κ2) is 6.32. The molecule has 5 heteroatoms. The SMILES string of the molecule is O[C@@H]1CC(Cn2cccn2)C[C@H]1Nc1ccnc2c1CCCC2. The average molecular weight is 312 g/mol. The zero-order valence-electron chi connectivity index (χ0n) is 13.4. The van der Waals surface area contributed by atoms with E-state index in [4.69, 9.17) is 0 Å². The van der Waals surface area contributed by atoms with Gasteiger partial charge in [0.05, 0.1) is 12.1 Å². The highest BCUT2D eigenvalue weighted by Crippen LogP contribution is 2.32. The van der Waals surface area contributed by atoms with E-state index in [1.54, 1.807) is 0 Å². The fourth-order valence-electron chi connectivity index (χ4n) is 4.05. The van der Waals surface area contributed by atoms with Crippen molar-refractivity contribution in [2.45, 2.75) is 57.2 Å². The van der Waals surface area contributed by atoms with Gasteiger partial charge in [-0.3, -0.25) is 9.67 Å². The predicted octanol–water partition coefficient (Wildman–Crippen LogP) is 2.41. The highest BCUT2D eigenvalue weighted by molar-refractivity contribution is 5.54. The molecule has 0 aliphatic heterocycles. The lowest BCUT2D eigenvalue weighted by Crippen LogP contribution is -2.29. The molecule has 2 aromatic heterocycles. The third-order valence-electron chi connectivity index (χ3n) is 5.21. The van der Waals surface area contributed by atoms with E-state index in [2.05, 4.69) is 21.5 Å². The Bertz CT molecular complexity index is 655. The summed E-state index contributed by atoms with van der Waals surface area (Å²) in [4.78, 5) is 4.52. The highest BCUT2D eigenvalue weighted by atomic mass is 16.3. The third kappa shape index (κ3) is 3.11. The second-order valence-corrected chi connectivity index (χ2v) is 6.87. The number of aromatic nitrogens is 3. The molecular weight excluding hydrogens is 288 g/mol. The largest absolute Gasteiger partial charge is 0.391 e. The van der Waals surface area contributed by atoms with E-state index in [1.165, 1.54) is 29.8 Å². The molecule has 5 nitrogen and oxygen atoms in total. The van der Waals surface area contributed by atoms with Crippen molar-refractivity contribution in [3.8, 4) is 0 Å². The summed E-state index contributed by atoms with van der Waals surface area (Å²) in [5.41, 5.74) is 3.78. The first-order valence-electron chi connectivity index (χ1n) is 8.68. The van der Waals surface area contributed by atoms with E-state index in [9.17, 15) is 5.11 Å². The molecule has 1 unspecified atom stereocenters. The zero-order valence-corrected chi connectivity index (χ0v) is 13.4. The van der Waals surface area contributed by atoms with Crippen LogP contribution in [0.25, 0.3) is 0 Å². The average Bonchev–Trinajstić information content (AvgIpc) is 3.18. The summed E-state index contributed by atoms with van der Waals surface area (Å²) in [7, 11) is 0. The molecule has 1 saturated carbocycles. The number of aliphatic hydroxyl groups is 1. The standard InChI is InChI=1S/C18H24N4O/c23-18-11-13(12-22-9-3-7-20-22)10-17(18)21-16-6-8-19-15-5-2-1-4-14(15)16/h3,6-9,13,17-18,23H,1-2,4-5,10-12H2,(H,19,21)/t13?,17-,18-/m1/s1. The van der Waals surface area contributed by atoms with Crippen molar-refractivity contribution in [3.05, 3.63) is 42.0 Å². The van der Waals surface area contributed by atoms with Gasteiger partial charge in [0.15, 0.2) is 0 Å². The van der Waals surface area contributed by atoms with Gasteiger partial charge < -0.3 is 10.4 Å². The van der Waals surface area contributed by atoms with Crippen LogP contribution in [0.3, 0.4) is 0 Å². The number of aliphatic hydroxyl groups excluding tert-OH is 1. The summed E-state index contributed by atoms with van der Waals surface area (Å²) in [6, 6.07) is 4.14. The Labute approximate surface area is 136 Å². The molecule has 0 amide bonds. The molecule has 122 valence electrons. The number of aryl methyl sites for hydroxylation is 1. The molecule has 0 bridgehead atoms. The molecule has 2 aliphatic carbocycles. The maximum atomic E-state index is 10.4. The number of fused-ring (bicyclic) bond motifs is 1. The van der Waals surface area contributed by atoms with E-state index >= 15 is 0 Å². The Morgan fingerprint density at radius 2 is 2.13 bits per heavy atom. The molecule has 4 rings (SSSR count). The molecule has 3 atom stereocenters. The first kappa shape index (κ1) is 14.7. The van der Waals surface area contributed by atoms with E-state index < -0.39 is 0 Å². The highest BCUT2D eigenvalue weighted by Gasteiger charge is 2.33. The van der Waals surface area contributed by atoms with Crippen LogP contribution in [0, 0.1) is 5.92 Å². The van der Waals surface area contributed by atoms with Gasteiger partial charge in [-0.25, -0.2) is 0 Å². The number of hydrogen-bond acceptors (Lipinski definition) is 4. The van der Waals surface area contributed by atoms with Crippen LogP contribution in [0.4, 0.5) is 5.69 Å². The van der Waals surface area contributed by atoms with Gasteiger partial charge in [0.2, 0.25) is 0 Å². The number of hydrogen-bond donors (Lipinski definition) is 2. The van der Waals surface area contributed by atoms with E-state index in [0.717, 1.165) is 32.2 Å². The molecular formula is C18H24N4O. The molecule has 1 fully saturated rings. The molecule has 2 aromatic rings. The van der Waals surface area contributed by atoms with Gasteiger partial charge >= 0.3 is 0 Å². The summed E-state index contributed by atoms with van der Waals surface area (Å²) in [5, 5.41) is 18.3. The Kier molecular flexibility index (Phi) is 4.04. The first-order chi connectivity index (χ1) is 11.3. The van der Waals surface area contributed by atoms with Gasteiger partial charge in [0, 0.05) is 36.5 Å². The molecule has 2 aliphatic rings. The monoisotopic (exact) mass is 312 g/mol. The molecule has 0 radical (unpaired) electrons. The smallest absolute Gasteiger partial charge is 0.0744 e. The Morgan fingerprint density at radius 1 is 1.22 bits per heavy atom. The summed E-state index contributed by atoms with van der Waals surface area (Å²) in [5.74, 6) is 0.472. The van der Waals surface area contributed by atoms with Crippen molar-refractivity contribution >= 4 is 5.69 Å². The molecule has 0 saturated heterocycles. The van der Waals surface area contributed by atoms with Crippen LogP contribution in [-0.2, 0) is 19.4 Å². The normalized spacial score (nSPS) is 26.9. The molecule has 23 heavy (non-hydrogen) atoms. The molecule has 0 spiro atoms. The maximum Gasteiger partial charge on any atom is 0.0744 e. The van der Waals surface area contributed by atoms with Gasteiger partial charge in [-0.2, -0.15) is 5.10 Å². The van der Waals surface area contributed by atoms with Crippen molar-refractivity contribution < 1.29 is 5.11 Å². The minimum Gasteiger partial charge on any atom is -0.391 e. The second-order valence-electron chi connectivity index (χ2n) is 6.87. The fourth-order valence-corrected chi connectivity index (χ4v) is 4.05. The van der Waals surface area contributed by atoms with E-state index in [-0.39, 0.29) is 12.1 Å². The molecule has 2 N–H and O–H groups in total. The lowest BCUT2D eigenvalue weighted by atomic mass is 9.94. The van der Waals surface area contributed by atoms with Gasteiger partial charge in [-0.15, -0.1) is 0 Å². The van der Waals surface area contributed by atoms with Crippen LogP contribution in [0.15, 0.2) is 30.7 Å². The zero-order chi connectivity index (χ0) is 15.6. The summed E-state index contributed by atoms with van der Waals surface area (Å²) in [6.07, 6.45) is 11.9. The van der Waals surface area contributed by atoms with Crippen molar-refractivity contribution in [3.63, 3.8) is 0 Å².